The van der Waals surface area contributed by atoms with E-state index >= 15 is 0 Å². The normalized spacial score (nSPS) is 16.0. The van der Waals surface area contributed by atoms with Crippen molar-refractivity contribution in [2.75, 3.05) is 51.8 Å². The van der Waals surface area contributed by atoms with Gasteiger partial charge in [-0.15, -0.1) is 0 Å². The van der Waals surface area contributed by atoms with Gasteiger partial charge in [-0.1, -0.05) is 0 Å². The number of ether oxygens (including phenoxy) is 1. The summed E-state index contributed by atoms with van der Waals surface area (Å²) in [6.07, 6.45) is -4.18. The number of methoxy groups -OCH3 is 1. The van der Waals surface area contributed by atoms with Crippen LogP contribution in [0.5, 0.6) is 5.75 Å². The van der Waals surface area contributed by atoms with Gasteiger partial charge in [-0.2, -0.15) is 13.2 Å². The summed E-state index contributed by atoms with van der Waals surface area (Å²) in [6, 6.07) is 7.98. The van der Waals surface area contributed by atoms with Crippen LogP contribution in [-0.4, -0.2) is 63.9 Å². The number of hydrogen-bond donors (Lipinski definition) is 1. The molecule has 1 aromatic rings. The third-order valence-electron chi connectivity index (χ3n) is 4.40. The molecule has 1 aliphatic rings. The van der Waals surface area contributed by atoms with Gasteiger partial charge >= 0.3 is 6.18 Å². The first-order valence-electron chi connectivity index (χ1n) is 8.84. The van der Waals surface area contributed by atoms with Crippen molar-refractivity contribution in [3.8, 4) is 5.75 Å². The first-order valence-corrected chi connectivity index (χ1v) is 8.84. The number of aliphatic imine (C=N–C) groups is 1. The van der Waals surface area contributed by atoms with Crippen molar-refractivity contribution < 1.29 is 17.9 Å². The highest BCUT2D eigenvalue weighted by Crippen LogP contribution is 2.22. The van der Waals surface area contributed by atoms with Gasteiger partial charge in [-0.05, 0) is 37.1 Å². The Morgan fingerprint density at radius 2 is 1.77 bits per heavy atom. The standard InChI is InChI=1S/C18H27F3N4O/c1-22-17(23-10-4-3-9-18(19,20)21)25-13-11-24(12-14-25)15-5-7-16(26-2)8-6-15/h5-8H,3-4,9-14H2,1-2H3,(H,22,23). The third-order valence-corrected chi connectivity index (χ3v) is 4.40. The first kappa shape index (κ1) is 20.2. The lowest BCUT2D eigenvalue weighted by molar-refractivity contribution is -0.135. The summed E-state index contributed by atoms with van der Waals surface area (Å²) in [6.45, 7) is 3.85. The van der Waals surface area contributed by atoms with Gasteiger partial charge in [-0.3, -0.25) is 4.99 Å². The Bertz CT molecular complexity index is 567. The number of alkyl halides is 3. The van der Waals surface area contributed by atoms with Crippen LogP contribution in [0, 0.1) is 0 Å². The fraction of sp³-hybridized carbons (Fsp3) is 0.611. The summed E-state index contributed by atoms with van der Waals surface area (Å²) in [5.74, 6) is 1.59. The van der Waals surface area contributed by atoms with Crippen molar-refractivity contribution in [3.63, 3.8) is 0 Å². The number of nitrogens with zero attached hydrogens (tertiary/aromatic N) is 3. The molecular formula is C18H27F3N4O. The lowest BCUT2D eigenvalue weighted by atomic mass is 10.2. The quantitative estimate of drug-likeness (QED) is 0.473. The van der Waals surface area contributed by atoms with Crippen molar-refractivity contribution in [2.45, 2.75) is 25.4 Å². The number of benzene rings is 1. The maximum atomic E-state index is 12.2. The molecule has 1 saturated heterocycles. The maximum absolute atomic E-state index is 12.2. The monoisotopic (exact) mass is 372 g/mol. The Morgan fingerprint density at radius 3 is 2.31 bits per heavy atom. The van der Waals surface area contributed by atoms with Crippen LogP contribution in [0.25, 0.3) is 0 Å². The Labute approximate surface area is 152 Å². The summed E-state index contributed by atoms with van der Waals surface area (Å²) in [5, 5.41) is 3.17. The van der Waals surface area contributed by atoms with Crippen molar-refractivity contribution in [1.82, 2.24) is 10.2 Å². The van der Waals surface area contributed by atoms with Crippen molar-refractivity contribution in [2.24, 2.45) is 4.99 Å². The molecule has 0 radical (unpaired) electrons. The molecular weight excluding hydrogens is 345 g/mol. The van der Waals surface area contributed by atoms with E-state index < -0.39 is 12.6 Å². The fourth-order valence-electron chi connectivity index (χ4n) is 2.95. The van der Waals surface area contributed by atoms with E-state index in [4.69, 9.17) is 4.74 Å². The maximum Gasteiger partial charge on any atom is 0.389 e. The Hall–Kier alpha value is -2.12. The second kappa shape index (κ2) is 9.54. The van der Waals surface area contributed by atoms with Crippen molar-refractivity contribution >= 4 is 11.6 Å². The molecule has 0 aromatic heterocycles. The smallest absolute Gasteiger partial charge is 0.389 e. The highest BCUT2D eigenvalue weighted by Gasteiger charge is 2.26. The fourth-order valence-corrected chi connectivity index (χ4v) is 2.95. The second-order valence-corrected chi connectivity index (χ2v) is 6.22. The number of nitrogens with one attached hydrogen (secondary N) is 1. The number of hydrogen-bond acceptors (Lipinski definition) is 3. The highest BCUT2D eigenvalue weighted by atomic mass is 19.4. The van der Waals surface area contributed by atoms with Crippen LogP contribution < -0.4 is 15.0 Å². The lowest BCUT2D eigenvalue weighted by Crippen LogP contribution is -2.52. The van der Waals surface area contributed by atoms with Gasteiger partial charge < -0.3 is 19.9 Å². The van der Waals surface area contributed by atoms with Gasteiger partial charge in [0.25, 0.3) is 0 Å². The summed E-state index contributed by atoms with van der Waals surface area (Å²) < 4.78 is 41.6. The van der Waals surface area contributed by atoms with Crippen molar-refractivity contribution in [1.29, 1.82) is 0 Å². The van der Waals surface area contributed by atoms with E-state index in [9.17, 15) is 13.2 Å². The zero-order chi connectivity index (χ0) is 19.0. The molecule has 0 aliphatic carbocycles. The second-order valence-electron chi connectivity index (χ2n) is 6.22. The minimum absolute atomic E-state index is 0.138. The van der Waals surface area contributed by atoms with Crippen molar-refractivity contribution in [3.05, 3.63) is 24.3 Å². The molecule has 0 amide bonds. The molecule has 5 nitrogen and oxygen atoms in total. The molecule has 1 fully saturated rings. The zero-order valence-electron chi connectivity index (χ0n) is 15.4. The number of anilines is 1. The minimum Gasteiger partial charge on any atom is -0.497 e. The molecule has 0 unspecified atom stereocenters. The summed E-state index contributed by atoms with van der Waals surface area (Å²) in [5.41, 5.74) is 1.15. The van der Waals surface area contributed by atoms with Gasteiger partial charge in [0, 0.05) is 51.9 Å². The summed E-state index contributed by atoms with van der Waals surface area (Å²) in [4.78, 5) is 8.69. The van der Waals surface area contributed by atoms with Gasteiger partial charge in [0.15, 0.2) is 5.96 Å². The van der Waals surface area contributed by atoms with E-state index in [-0.39, 0.29) is 6.42 Å². The summed E-state index contributed by atoms with van der Waals surface area (Å²) in [7, 11) is 3.35. The number of piperazine rings is 1. The van der Waals surface area contributed by atoms with E-state index in [0.717, 1.165) is 43.6 Å². The molecule has 26 heavy (non-hydrogen) atoms. The van der Waals surface area contributed by atoms with E-state index in [1.54, 1.807) is 14.2 Å². The molecule has 0 saturated carbocycles. The van der Waals surface area contributed by atoms with Crippen LogP contribution in [0.4, 0.5) is 18.9 Å². The Kier molecular flexibility index (Phi) is 7.41. The average molecular weight is 372 g/mol. The molecule has 8 heteroatoms. The first-order chi connectivity index (χ1) is 12.4. The van der Waals surface area contributed by atoms with Crippen LogP contribution in [0.15, 0.2) is 29.3 Å². The predicted molar refractivity (Wildman–Crippen MR) is 98.0 cm³/mol. The van der Waals surface area contributed by atoms with Crippen LogP contribution >= 0.6 is 0 Å². The Balaban J connectivity index is 1.74. The number of guanidine groups is 1. The van der Waals surface area contributed by atoms with E-state index in [0.29, 0.717) is 13.0 Å². The Morgan fingerprint density at radius 1 is 1.12 bits per heavy atom. The summed E-state index contributed by atoms with van der Waals surface area (Å²) >= 11 is 0. The molecule has 2 rings (SSSR count). The number of unbranched alkanes of at least 4 members (excludes halogenated alkanes) is 1. The number of rotatable bonds is 6. The van der Waals surface area contributed by atoms with Crippen LogP contribution in [0.1, 0.15) is 19.3 Å². The van der Waals surface area contributed by atoms with Crippen LogP contribution in [0.2, 0.25) is 0 Å². The van der Waals surface area contributed by atoms with Gasteiger partial charge in [0.2, 0.25) is 0 Å². The molecule has 0 atom stereocenters. The van der Waals surface area contributed by atoms with E-state index in [2.05, 4.69) is 20.1 Å². The molecule has 1 aromatic carbocycles. The van der Waals surface area contributed by atoms with Gasteiger partial charge in [0.05, 0.1) is 7.11 Å². The van der Waals surface area contributed by atoms with E-state index in [1.807, 2.05) is 24.3 Å². The van der Waals surface area contributed by atoms with Gasteiger partial charge in [0.1, 0.15) is 5.75 Å². The minimum atomic E-state index is -4.07. The topological polar surface area (TPSA) is 40.1 Å². The molecule has 0 spiro atoms. The molecule has 146 valence electrons. The zero-order valence-corrected chi connectivity index (χ0v) is 15.4. The highest BCUT2D eigenvalue weighted by molar-refractivity contribution is 5.80. The van der Waals surface area contributed by atoms with Crippen LogP contribution in [-0.2, 0) is 0 Å². The molecule has 0 bridgehead atoms. The molecule has 1 N–H and O–H groups in total. The largest absolute Gasteiger partial charge is 0.497 e. The lowest BCUT2D eigenvalue weighted by Gasteiger charge is -2.37. The molecule has 1 aliphatic heterocycles. The molecule has 1 heterocycles. The predicted octanol–water partition coefficient (Wildman–Crippen LogP) is 3.13. The third kappa shape index (κ3) is 6.31. The SMILES string of the molecule is CN=C(NCCCCC(F)(F)F)N1CCN(c2ccc(OC)cc2)CC1. The van der Waals surface area contributed by atoms with Crippen LogP contribution in [0.3, 0.4) is 0 Å². The number of halogens is 3. The average Bonchev–Trinajstić information content (AvgIpc) is 2.64. The van der Waals surface area contributed by atoms with Gasteiger partial charge in [-0.25, -0.2) is 0 Å². The van der Waals surface area contributed by atoms with E-state index in [1.165, 1.54) is 0 Å².